The highest BCUT2D eigenvalue weighted by atomic mass is 16.3. The Morgan fingerprint density at radius 1 is 1.37 bits per heavy atom. The average molecular weight is 257 g/mol. The first-order chi connectivity index (χ1) is 9.08. The van der Waals surface area contributed by atoms with E-state index in [2.05, 4.69) is 4.98 Å². The number of carbonyl (C=O) groups excluding carboxylic acids is 1. The number of nitrogen functional groups attached to an aromatic ring is 1. The molecule has 19 heavy (non-hydrogen) atoms. The van der Waals surface area contributed by atoms with Crippen LogP contribution in [0, 0.1) is 0 Å². The topological polar surface area (TPSA) is 79.5 Å². The minimum absolute atomic E-state index is 0.0174. The summed E-state index contributed by atoms with van der Waals surface area (Å²) < 4.78 is 0. The van der Waals surface area contributed by atoms with Crippen LogP contribution in [0.15, 0.2) is 42.6 Å². The molecule has 0 aliphatic carbocycles. The molecule has 5 heteroatoms. The molecule has 0 aliphatic heterocycles. The quantitative estimate of drug-likeness (QED) is 0.647. The van der Waals surface area contributed by atoms with Crippen molar-refractivity contribution in [2.24, 2.45) is 0 Å². The van der Waals surface area contributed by atoms with Crippen molar-refractivity contribution in [3.63, 3.8) is 0 Å². The molecule has 98 valence electrons. The van der Waals surface area contributed by atoms with Crippen molar-refractivity contribution in [2.45, 2.75) is 6.54 Å². The number of nitrogens with two attached hydrogens (primary N) is 1. The molecule has 1 aromatic carbocycles. The second-order valence-corrected chi connectivity index (χ2v) is 4.25. The zero-order chi connectivity index (χ0) is 13.8. The van der Waals surface area contributed by atoms with Crippen molar-refractivity contribution in [2.75, 3.05) is 12.8 Å². The van der Waals surface area contributed by atoms with Gasteiger partial charge in [0, 0.05) is 18.9 Å². The summed E-state index contributed by atoms with van der Waals surface area (Å²) in [6.07, 6.45) is 1.68. The fourth-order valence-electron chi connectivity index (χ4n) is 1.74. The molecule has 0 saturated heterocycles. The number of hydrogen-bond donors (Lipinski definition) is 2. The zero-order valence-electron chi connectivity index (χ0n) is 10.6. The Morgan fingerprint density at radius 2 is 2.16 bits per heavy atom. The fraction of sp³-hybridized carbons (Fsp3) is 0.143. The Hall–Kier alpha value is -2.56. The van der Waals surface area contributed by atoms with Gasteiger partial charge < -0.3 is 15.7 Å². The normalized spacial score (nSPS) is 10.2. The fourth-order valence-corrected chi connectivity index (χ4v) is 1.74. The van der Waals surface area contributed by atoms with Crippen molar-refractivity contribution in [3.8, 4) is 5.75 Å². The number of rotatable bonds is 3. The number of carbonyl (C=O) groups is 1. The first kappa shape index (κ1) is 12.9. The van der Waals surface area contributed by atoms with Crippen molar-refractivity contribution >= 4 is 11.6 Å². The van der Waals surface area contributed by atoms with Crippen LogP contribution in [-0.4, -0.2) is 27.9 Å². The number of amides is 1. The van der Waals surface area contributed by atoms with Gasteiger partial charge in [-0.05, 0) is 30.3 Å². The van der Waals surface area contributed by atoms with E-state index in [-0.39, 0.29) is 11.7 Å². The molecule has 0 radical (unpaired) electrons. The molecule has 5 nitrogen and oxygen atoms in total. The van der Waals surface area contributed by atoms with Crippen molar-refractivity contribution in [3.05, 3.63) is 53.9 Å². The Bertz CT molecular complexity index is 584. The Morgan fingerprint density at radius 3 is 2.84 bits per heavy atom. The summed E-state index contributed by atoms with van der Waals surface area (Å²) in [6, 6.07) is 9.85. The predicted octanol–water partition coefficient (Wildman–Crippen LogP) is 1.64. The molecule has 1 heterocycles. The first-order valence-corrected chi connectivity index (χ1v) is 5.82. The van der Waals surface area contributed by atoms with Crippen molar-refractivity contribution < 1.29 is 9.90 Å². The summed E-state index contributed by atoms with van der Waals surface area (Å²) in [5.41, 5.74) is 7.17. The van der Waals surface area contributed by atoms with Crippen LogP contribution < -0.4 is 5.73 Å². The summed E-state index contributed by atoms with van der Waals surface area (Å²) in [6.45, 7) is 0.384. The molecule has 1 amide bonds. The zero-order valence-corrected chi connectivity index (χ0v) is 10.6. The van der Waals surface area contributed by atoms with Crippen LogP contribution in [0.1, 0.15) is 16.1 Å². The summed E-state index contributed by atoms with van der Waals surface area (Å²) >= 11 is 0. The molecule has 3 N–H and O–H groups in total. The number of pyridine rings is 1. The molecule has 0 unspecified atom stereocenters. The Kier molecular flexibility index (Phi) is 3.66. The SMILES string of the molecule is CN(Cc1ccccn1)C(=O)c1cc(O)ccc1N. The minimum Gasteiger partial charge on any atom is -0.508 e. The maximum absolute atomic E-state index is 12.2. The molecule has 0 fully saturated rings. The number of nitrogens with zero attached hydrogens (tertiary/aromatic N) is 2. The molecule has 0 aliphatic rings. The van der Waals surface area contributed by atoms with E-state index in [0.717, 1.165) is 5.69 Å². The molecule has 2 aromatic rings. The third-order valence-corrected chi connectivity index (χ3v) is 2.74. The number of aromatic nitrogens is 1. The van der Waals surface area contributed by atoms with E-state index in [1.807, 2.05) is 18.2 Å². The molecule has 2 rings (SSSR count). The standard InChI is InChI=1S/C14H15N3O2/c1-17(9-10-4-2-3-7-16-10)14(19)12-8-11(18)5-6-13(12)15/h2-8,18H,9,15H2,1H3. The smallest absolute Gasteiger partial charge is 0.256 e. The monoisotopic (exact) mass is 257 g/mol. The summed E-state index contributed by atoms with van der Waals surface area (Å²) in [5, 5.41) is 9.42. The van der Waals surface area contributed by atoms with Crippen LogP contribution in [0.3, 0.4) is 0 Å². The summed E-state index contributed by atoms with van der Waals surface area (Å²) in [7, 11) is 1.67. The van der Waals surface area contributed by atoms with Crippen LogP contribution >= 0.6 is 0 Å². The highest BCUT2D eigenvalue weighted by molar-refractivity contribution is 5.99. The van der Waals surface area contributed by atoms with Gasteiger partial charge in [0.05, 0.1) is 17.8 Å². The lowest BCUT2D eigenvalue weighted by atomic mass is 10.1. The summed E-state index contributed by atoms with van der Waals surface area (Å²) in [5.74, 6) is -0.233. The van der Waals surface area contributed by atoms with Crippen LogP contribution in [-0.2, 0) is 6.54 Å². The molecular weight excluding hydrogens is 242 g/mol. The lowest BCUT2D eigenvalue weighted by Gasteiger charge is -2.17. The van der Waals surface area contributed by atoms with Crippen molar-refractivity contribution in [1.29, 1.82) is 0 Å². The van der Waals surface area contributed by atoms with Gasteiger partial charge >= 0.3 is 0 Å². The van der Waals surface area contributed by atoms with E-state index in [1.54, 1.807) is 13.2 Å². The van der Waals surface area contributed by atoms with Gasteiger partial charge in [-0.3, -0.25) is 9.78 Å². The van der Waals surface area contributed by atoms with E-state index in [1.165, 1.54) is 23.1 Å². The maximum atomic E-state index is 12.2. The van der Waals surface area contributed by atoms with Gasteiger partial charge in [0.1, 0.15) is 5.75 Å². The van der Waals surface area contributed by atoms with E-state index >= 15 is 0 Å². The lowest BCUT2D eigenvalue weighted by molar-refractivity contribution is 0.0784. The van der Waals surface area contributed by atoms with Gasteiger partial charge in [0.15, 0.2) is 0 Å². The third kappa shape index (κ3) is 3.01. The van der Waals surface area contributed by atoms with Gasteiger partial charge in [0.2, 0.25) is 0 Å². The maximum Gasteiger partial charge on any atom is 0.256 e. The number of phenols is 1. The number of hydrogen-bond acceptors (Lipinski definition) is 4. The van der Waals surface area contributed by atoms with Crippen LogP contribution in [0.2, 0.25) is 0 Å². The van der Waals surface area contributed by atoms with Crippen LogP contribution in [0.25, 0.3) is 0 Å². The van der Waals surface area contributed by atoms with Gasteiger partial charge in [-0.25, -0.2) is 0 Å². The van der Waals surface area contributed by atoms with Gasteiger partial charge in [-0.15, -0.1) is 0 Å². The Balaban J connectivity index is 2.17. The molecule has 1 aromatic heterocycles. The number of benzene rings is 1. The Labute approximate surface area is 111 Å². The highest BCUT2D eigenvalue weighted by Crippen LogP contribution is 2.20. The highest BCUT2D eigenvalue weighted by Gasteiger charge is 2.15. The summed E-state index contributed by atoms with van der Waals surface area (Å²) in [4.78, 5) is 17.9. The molecule has 0 spiro atoms. The van der Waals surface area contributed by atoms with Gasteiger partial charge in [0.25, 0.3) is 5.91 Å². The average Bonchev–Trinajstić information content (AvgIpc) is 2.42. The third-order valence-electron chi connectivity index (χ3n) is 2.74. The molecular formula is C14H15N3O2. The van der Waals surface area contributed by atoms with Crippen molar-refractivity contribution in [1.82, 2.24) is 9.88 Å². The second kappa shape index (κ2) is 5.39. The number of phenolic OH excluding ortho intramolecular Hbond substituents is 1. The number of aromatic hydroxyl groups is 1. The molecule has 0 saturated carbocycles. The largest absolute Gasteiger partial charge is 0.508 e. The number of anilines is 1. The van der Waals surface area contributed by atoms with E-state index in [0.29, 0.717) is 17.8 Å². The van der Waals surface area contributed by atoms with E-state index < -0.39 is 0 Å². The van der Waals surface area contributed by atoms with Gasteiger partial charge in [-0.1, -0.05) is 6.07 Å². The second-order valence-electron chi connectivity index (χ2n) is 4.25. The lowest BCUT2D eigenvalue weighted by Crippen LogP contribution is -2.27. The molecule has 0 bridgehead atoms. The van der Waals surface area contributed by atoms with Crippen LogP contribution in [0.5, 0.6) is 5.75 Å². The van der Waals surface area contributed by atoms with Gasteiger partial charge in [-0.2, -0.15) is 0 Å². The predicted molar refractivity (Wildman–Crippen MR) is 72.6 cm³/mol. The molecule has 0 atom stereocenters. The van der Waals surface area contributed by atoms with E-state index in [4.69, 9.17) is 5.73 Å². The minimum atomic E-state index is -0.251. The first-order valence-electron chi connectivity index (χ1n) is 5.82. The van der Waals surface area contributed by atoms with E-state index in [9.17, 15) is 9.90 Å². The van der Waals surface area contributed by atoms with Crippen LogP contribution in [0.4, 0.5) is 5.69 Å².